The van der Waals surface area contributed by atoms with E-state index in [4.69, 9.17) is 6.42 Å². The lowest BCUT2D eigenvalue weighted by Gasteiger charge is -2.15. The summed E-state index contributed by atoms with van der Waals surface area (Å²) in [4.78, 5) is 0. The standard InChI is InChI=1S/C18H15BS/c1-4-14-6-10-18-16(12-14)8-7-15-11-13(2)5-9-17(15)19(18)20-3/h1,5-12H,2-3H3. The minimum Gasteiger partial charge on any atom is -0.200 e. The van der Waals surface area contributed by atoms with Crippen LogP contribution in [0.25, 0.3) is 12.2 Å². The van der Waals surface area contributed by atoms with Crippen molar-refractivity contribution < 1.29 is 0 Å². The van der Waals surface area contributed by atoms with Gasteiger partial charge in [0.2, 0.25) is 0 Å². The van der Waals surface area contributed by atoms with Crippen LogP contribution >= 0.6 is 11.6 Å². The smallest absolute Gasteiger partial charge is 0.200 e. The number of hydrogen-bond donors (Lipinski definition) is 0. The highest BCUT2D eigenvalue weighted by Gasteiger charge is 2.24. The van der Waals surface area contributed by atoms with Crippen molar-refractivity contribution in [3.8, 4) is 12.3 Å². The maximum Gasteiger partial charge on any atom is 0.275 e. The van der Waals surface area contributed by atoms with E-state index in [1.165, 1.54) is 27.6 Å². The normalized spacial score (nSPS) is 12.3. The molecule has 0 saturated heterocycles. The van der Waals surface area contributed by atoms with Gasteiger partial charge in [-0.2, -0.15) is 0 Å². The fourth-order valence-corrected chi connectivity index (χ4v) is 3.66. The van der Waals surface area contributed by atoms with Crippen molar-refractivity contribution >= 4 is 40.7 Å². The number of aryl methyl sites for hydroxylation is 1. The van der Waals surface area contributed by atoms with Gasteiger partial charge in [0.15, 0.2) is 0 Å². The first-order chi connectivity index (χ1) is 9.72. The van der Waals surface area contributed by atoms with Crippen LogP contribution in [0.3, 0.4) is 0 Å². The van der Waals surface area contributed by atoms with E-state index in [0.29, 0.717) is 5.99 Å². The summed E-state index contributed by atoms with van der Waals surface area (Å²) in [6.45, 7) is 2.14. The summed E-state index contributed by atoms with van der Waals surface area (Å²) in [5.41, 5.74) is 7.50. The molecule has 0 aromatic heterocycles. The van der Waals surface area contributed by atoms with E-state index in [1.54, 1.807) is 0 Å². The number of hydrogen-bond acceptors (Lipinski definition) is 1. The molecule has 0 N–H and O–H groups in total. The Morgan fingerprint density at radius 3 is 2.30 bits per heavy atom. The Morgan fingerprint density at radius 2 is 1.65 bits per heavy atom. The molecule has 1 aliphatic heterocycles. The van der Waals surface area contributed by atoms with E-state index in [-0.39, 0.29) is 0 Å². The molecule has 0 aliphatic carbocycles. The molecule has 0 amide bonds. The van der Waals surface area contributed by atoms with Crippen LogP contribution in [0.2, 0.25) is 0 Å². The lowest BCUT2D eigenvalue weighted by atomic mass is 9.59. The van der Waals surface area contributed by atoms with E-state index in [2.05, 4.69) is 61.6 Å². The first-order valence-electron chi connectivity index (χ1n) is 6.65. The van der Waals surface area contributed by atoms with Crippen molar-refractivity contribution in [2.75, 3.05) is 6.26 Å². The van der Waals surface area contributed by atoms with Crippen molar-refractivity contribution in [1.29, 1.82) is 0 Å². The number of terminal acetylenes is 1. The summed E-state index contributed by atoms with van der Waals surface area (Å²) >= 11 is 1.87. The fourth-order valence-electron chi connectivity index (χ4n) is 2.73. The third-order valence-corrected chi connectivity index (χ3v) is 4.72. The van der Waals surface area contributed by atoms with Gasteiger partial charge in [0.1, 0.15) is 0 Å². The van der Waals surface area contributed by atoms with Crippen LogP contribution in [0.1, 0.15) is 22.3 Å². The second kappa shape index (κ2) is 5.27. The van der Waals surface area contributed by atoms with E-state index in [0.717, 1.165) is 5.56 Å². The van der Waals surface area contributed by atoms with Gasteiger partial charge in [-0.25, -0.2) is 11.6 Å². The molecule has 1 aliphatic rings. The largest absolute Gasteiger partial charge is 0.275 e. The minimum atomic E-state index is 0.363. The first kappa shape index (κ1) is 13.2. The van der Waals surface area contributed by atoms with Crippen LogP contribution in [0.5, 0.6) is 0 Å². The zero-order chi connectivity index (χ0) is 14.1. The Kier molecular flexibility index (Phi) is 3.46. The number of rotatable bonds is 1. The molecule has 1 heterocycles. The molecule has 2 aromatic carbocycles. The Balaban J connectivity index is 2.23. The fraction of sp³-hybridized carbons (Fsp3) is 0.111. The Morgan fingerprint density at radius 1 is 1.00 bits per heavy atom. The van der Waals surface area contributed by atoms with Crippen LogP contribution in [-0.4, -0.2) is 12.2 Å². The second-order valence-electron chi connectivity index (χ2n) is 5.07. The molecule has 0 unspecified atom stereocenters. The van der Waals surface area contributed by atoms with Crippen LogP contribution < -0.4 is 10.9 Å². The molecular formula is C18H15BS. The molecule has 0 fully saturated rings. The number of benzene rings is 2. The van der Waals surface area contributed by atoms with Crippen LogP contribution in [0.15, 0.2) is 36.4 Å². The molecule has 0 nitrogen and oxygen atoms in total. The molecule has 20 heavy (non-hydrogen) atoms. The maximum atomic E-state index is 5.51. The van der Waals surface area contributed by atoms with Gasteiger partial charge in [0.05, 0.1) is 0 Å². The van der Waals surface area contributed by atoms with Crippen LogP contribution in [0.4, 0.5) is 0 Å². The van der Waals surface area contributed by atoms with E-state index >= 15 is 0 Å². The topological polar surface area (TPSA) is 0 Å². The SMILES string of the molecule is C#Cc1ccc2c(c1)C=Cc1cc(C)ccc1B2SC. The molecule has 0 spiro atoms. The molecule has 0 atom stereocenters. The van der Waals surface area contributed by atoms with Crippen molar-refractivity contribution in [2.24, 2.45) is 0 Å². The predicted octanol–water partition coefficient (Wildman–Crippen LogP) is 2.93. The summed E-state index contributed by atoms with van der Waals surface area (Å²) in [5, 5.41) is 0. The zero-order valence-electron chi connectivity index (χ0n) is 11.7. The lowest BCUT2D eigenvalue weighted by Crippen LogP contribution is -2.41. The van der Waals surface area contributed by atoms with Crippen molar-refractivity contribution in [1.82, 2.24) is 0 Å². The average Bonchev–Trinajstić information content (AvgIpc) is 2.62. The van der Waals surface area contributed by atoms with Gasteiger partial charge in [0, 0.05) is 5.56 Å². The van der Waals surface area contributed by atoms with Crippen molar-refractivity contribution in [3.05, 3.63) is 58.7 Å². The van der Waals surface area contributed by atoms with Gasteiger partial charge in [0.25, 0.3) is 5.99 Å². The Labute approximate surface area is 125 Å². The highest BCUT2D eigenvalue weighted by molar-refractivity contribution is 8.27. The molecular weight excluding hydrogens is 259 g/mol. The van der Waals surface area contributed by atoms with Gasteiger partial charge in [-0.3, -0.25) is 0 Å². The second-order valence-corrected chi connectivity index (χ2v) is 6.01. The van der Waals surface area contributed by atoms with Gasteiger partial charge in [-0.15, -0.1) is 6.42 Å². The molecule has 0 radical (unpaired) electrons. The molecule has 2 heteroatoms. The molecule has 0 bridgehead atoms. The van der Waals surface area contributed by atoms with Gasteiger partial charge in [-0.1, -0.05) is 58.8 Å². The maximum absolute atomic E-state index is 5.51. The van der Waals surface area contributed by atoms with Gasteiger partial charge in [-0.05, 0) is 36.4 Å². The highest BCUT2D eigenvalue weighted by Crippen LogP contribution is 2.18. The average molecular weight is 274 g/mol. The van der Waals surface area contributed by atoms with Gasteiger partial charge < -0.3 is 0 Å². The van der Waals surface area contributed by atoms with Gasteiger partial charge >= 0.3 is 0 Å². The van der Waals surface area contributed by atoms with E-state index < -0.39 is 0 Å². The quantitative estimate of drug-likeness (QED) is 0.569. The third-order valence-electron chi connectivity index (χ3n) is 3.74. The molecule has 96 valence electrons. The summed E-state index contributed by atoms with van der Waals surface area (Å²) < 4.78 is 0. The minimum absolute atomic E-state index is 0.363. The highest BCUT2D eigenvalue weighted by atomic mass is 32.2. The van der Waals surface area contributed by atoms with Crippen molar-refractivity contribution in [3.63, 3.8) is 0 Å². The van der Waals surface area contributed by atoms with Crippen molar-refractivity contribution in [2.45, 2.75) is 6.92 Å². The van der Waals surface area contributed by atoms with E-state index in [1.807, 2.05) is 17.7 Å². The lowest BCUT2D eigenvalue weighted by molar-refractivity contribution is 1.48. The third kappa shape index (κ3) is 2.19. The molecule has 0 saturated carbocycles. The Bertz CT molecular complexity index is 738. The van der Waals surface area contributed by atoms with Crippen LogP contribution in [-0.2, 0) is 0 Å². The summed E-state index contributed by atoms with van der Waals surface area (Å²) in [7, 11) is 0. The summed E-state index contributed by atoms with van der Waals surface area (Å²) in [6.07, 6.45) is 12.1. The monoisotopic (exact) mass is 274 g/mol. The zero-order valence-corrected chi connectivity index (χ0v) is 12.5. The predicted molar refractivity (Wildman–Crippen MR) is 93.0 cm³/mol. The Hall–Kier alpha value is -1.85. The number of fused-ring (bicyclic) bond motifs is 2. The summed E-state index contributed by atoms with van der Waals surface area (Å²) in [5.74, 6) is 3.08. The molecule has 3 rings (SSSR count). The molecule has 2 aromatic rings. The van der Waals surface area contributed by atoms with Crippen LogP contribution in [0, 0.1) is 19.3 Å². The summed E-state index contributed by atoms with van der Waals surface area (Å²) in [6, 6.07) is 13.0. The van der Waals surface area contributed by atoms with E-state index in [9.17, 15) is 0 Å². The first-order valence-corrected chi connectivity index (χ1v) is 7.93.